The van der Waals surface area contributed by atoms with Gasteiger partial charge in [0.05, 0.1) is 12.7 Å². The Hall–Kier alpha value is -2.05. The molecule has 112 valence electrons. The number of nitrogens with zero attached hydrogens (tertiary/aromatic N) is 1. The fraction of sp³-hybridized carbons (Fsp3) is 0.125. The van der Waals surface area contributed by atoms with E-state index in [4.69, 9.17) is 4.74 Å². The molecule has 0 radical (unpaired) electrons. The van der Waals surface area contributed by atoms with E-state index >= 15 is 0 Å². The Morgan fingerprint density at radius 2 is 2.05 bits per heavy atom. The van der Waals surface area contributed by atoms with Crippen LogP contribution in [0, 0.1) is 0 Å². The van der Waals surface area contributed by atoms with Crippen LogP contribution in [0.25, 0.3) is 0 Å². The fourth-order valence-electron chi connectivity index (χ4n) is 2.05. The third-order valence-electron chi connectivity index (χ3n) is 3.10. The molecule has 1 aliphatic heterocycles. The molecular formula is C16H14N2O2S2. The molecule has 1 unspecified atom stereocenters. The number of carbonyl (C=O) groups excluding carboxylic acids is 1. The number of anilines is 1. The van der Waals surface area contributed by atoms with Gasteiger partial charge in [-0.15, -0.1) is 11.3 Å². The van der Waals surface area contributed by atoms with Crippen molar-refractivity contribution in [2.75, 3.05) is 12.4 Å². The molecule has 1 aromatic heterocycles. The quantitative estimate of drug-likeness (QED) is 0.862. The van der Waals surface area contributed by atoms with E-state index in [1.165, 1.54) is 18.9 Å². The smallest absolute Gasteiger partial charge is 0.336 e. The third kappa shape index (κ3) is 3.23. The molecule has 1 atom stereocenters. The van der Waals surface area contributed by atoms with E-state index in [2.05, 4.69) is 10.3 Å². The standard InChI is InChI=1S/C16H14N2O2S2/c1-20-15(19)12-10-22-16(17-11-6-3-2-4-7-11)18-14(12)13-8-5-9-21-13/h2-10,14H,1H3,(H,17,18). The monoisotopic (exact) mass is 330 g/mol. The van der Waals surface area contributed by atoms with Gasteiger partial charge in [0.25, 0.3) is 0 Å². The van der Waals surface area contributed by atoms with E-state index in [0.717, 1.165) is 15.7 Å². The Morgan fingerprint density at radius 1 is 1.23 bits per heavy atom. The number of nitrogens with one attached hydrogen (secondary N) is 1. The summed E-state index contributed by atoms with van der Waals surface area (Å²) in [6.07, 6.45) is 0. The number of hydrogen-bond donors (Lipinski definition) is 1. The van der Waals surface area contributed by atoms with Crippen molar-refractivity contribution in [1.82, 2.24) is 0 Å². The van der Waals surface area contributed by atoms with Crippen molar-refractivity contribution in [2.24, 2.45) is 4.99 Å². The summed E-state index contributed by atoms with van der Waals surface area (Å²) in [6, 6.07) is 13.4. The minimum Gasteiger partial charge on any atom is -0.466 e. The minimum atomic E-state index is -0.339. The van der Waals surface area contributed by atoms with Crippen LogP contribution in [0.1, 0.15) is 10.9 Å². The van der Waals surface area contributed by atoms with Crippen molar-refractivity contribution in [3.05, 3.63) is 63.7 Å². The highest BCUT2D eigenvalue weighted by molar-refractivity contribution is 8.16. The van der Waals surface area contributed by atoms with E-state index in [-0.39, 0.29) is 12.0 Å². The maximum Gasteiger partial charge on any atom is 0.336 e. The zero-order valence-corrected chi connectivity index (χ0v) is 13.5. The first-order valence-corrected chi connectivity index (χ1v) is 8.42. The molecule has 6 heteroatoms. The Labute approximate surface area is 136 Å². The van der Waals surface area contributed by atoms with Crippen LogP contribution in [0.4, 0.5) is 5.69 Å². The molecule has 0 saturated carbocycles. The van der Waals surface area contributed by atoms with E-state index in [1.54, 1.807) is 11.3 Å². The van der Waals surface area contributed by atoms with Gasteiger partial charge in [-0.1, -0.05) is 36.0 Å². The van der Waals surface area contributed by atoms with Crippen LogP contribution in [-0.2, 0) is 9.53 Å². The second kappa shape index (κ2) is 6.81. The number of carbonyl (C=O) groups is 1. The van der Waals surface area contributed by atoms with Crippen molar-refractivity contribution in [3.63, 3.8) is 0 Å². The molecule has 4 nitrogen and oxygen atoms in total. The maximum atomic E-state index is 11.9. The maximum absolute atomic E-state index is 11.9. The summed E-state index contributed by atoms with van der Waals surface area (Å²) in [5.74, 6) is -0.339. The third-order valence-corrected chi connectivity index (χ3v) is 4.82. The number of benzene rings is 1. The van der Waals surface area contributed by atoms with Crippen LogP contribution in [-0.4, -0.2) is 18.2 Å². The van der Waals surface area contributed by atoms with Gasteiger partial charge in [0, 0.05) is 10.6 Å². The summed E-state index contributed by atoms with van der Waals surface area (Å²) in [7, 11) is 1.39. The van der Waals surface area contributed by atoms with Gasteiger partial charge in [0.15, 0.2) is 5.17 Å². The largest absolute Gasteiger partial charge is 0.466 e. The molecular weight excluding hydrogens is 316 g/mol. The number of amidine groups is 1. The molecule has 0 fully saturated rings. The second-order valence-corrected chi connectivity index (χ2v) is 6.36. The Balaban J connectivity index is 1.87. The summed E-state index contributed by atoms with van der Waals surface area (Å²) in [6.45, 7) is 0. The van der Waals surface area contributed by atoms with Crippen molar-refractivity contribution < 1.29 is 9.53 Å². The molecule has 0 bridgehead atoms. The van der Waals surface area contributed by atoms with Gasteiger partial charge in [-0.05, 0) is 29.0 Å². The lowest BCUT2D eigenvalue weighted by atomic mass is 10.1. The molecule has 0 aliphatic carbocycles. The molecule has 2 aromatic rings. The number of thiophene rings is 1. The normalized spacial score (nSPS) is 17.4. The van der Waals surface area contributed by atoms with Crippen molar-refractivity contribution in [3.8, 4) is 0 Å². The molecule has 22 heavy (non-hydrogen) atoms. The molecule has 3 rings (SSSR count). The molecule has 1 aliphatic rings. The molecule has 0 saturated heterocycles. The highest BCUT2D eigenvalue weighted by Gasteiger charge is 2.27. The van der Waals surface area contributed by atoms with Crippen molar-refractivity contribution in [1.29, 1.82) is 0 Å². The SMILES string of the molecule is COC(=O)C1=CSC(Nc2ccccc2)=NC1c1cccs1. The lowest BCUT2D eigenvalue weighted by Gasteiger charge is -2.20. The molecule has 1 N–H and O–H groups in total. The predicted octanol–water partition coefficient (Wildman–Crippen LogP) is 4.06. The molecule has 0 amide bonds. The molecule has 0 spiro atoms. The number of aliphatic imine (C=N–C) groups is 1. The first-order chi connectivity index (χ1) is 10.8. The van der Waals surface area contributed by atoms with Gasteiger partial charge in [-0.2, -0.15) is 0 Å². The van der Waals surface area contributed by atoms with E-state index < -0.39 is 0 Å². The van der Waals surface area contributed by atoms with Gasteiger partial charge in [0.1, 0.15) is 6.04 Å². The van der Waals surface area contributed by atoms with Crippen LogP contribution < -0.4 is 5.32 Å². The van der Waals surface area contributed by atoms with E-state index in [0.29, 0.717) is 5.57 Å². The Bertz CT molecular complexity index is 709. The lowest BCUT2D eigenvalue weighted by Crippen LogP contribution is -2.18. The first kappa shape index (κ1) is 14.9. The van der Waals surface area contributed by atoms with Gasteiger partial charge in [-0.25, -0.2) is 9.79 Å². The fourth-order valence-corrected chi connectivity index (χ4v) is 3.64. The van der Waals surface area contributed by atoms with Gasteiger partial charge < -0.3 is 10.1 Å². The van der Waals surface area contributed by atoms with E-state index in [1.807, 2.05) is 53.3 Å². The highest BCUT2D eigenvalue weighted by Crippen LogP contribution is 2.36. The van der Waals surface area contributed by atoms with Crippen LogP contribution >= 0.6 is 23.1 Å². The van der Waals surface area contributed by atoms with Crippen molar-refractivity contribution >= 4 is 39.9 Å². The number of para-hydroxylation sites is 1. The number of ether oxygens (including phenoxy) is 1. The number of thioether (sulfide) groups is 1. The summed E-state index contributed by atoms with van der Waals surface area (Å²) in [4.78, 5) is 17.6. The average molecular weight is 330 g/mol. The van der Waals surface area contributed by atoms with Crippen LogP contribution in [0.15, 0.2) is 63.8 Å². The van der Waals surface area contributed by atoms with Crippen LogP contribution in [0.5, 0.6) is 0 Å². The number of methoxy groups -OCH3 is 1. The van der Waals surface area contributed by atoms with Crippen molar-refractivity contribution in [2.45, 2.75) is 6.04 Å². The second-order valence-electron chi connectivity index (χ2n) is 4.53. The number of esters is 1. The number of hydrogen-bond acceptors (Lipinski definition) is 6. The summed E-state index contributed by atoms with van der Waals surface area (Å²) in [5, 5.41) is 7.82. The Morgan fingerprint density at radius 3 is 2.73 bits per heavy atom. The van der Waals surface area contributed by atoms with Gasteiger partial charge >= 0.3 is 5.97 Å². The zero-order valence-electron chi connectivity index (χ0n) is 11.9. The van der Waals surface area contributed by atoms with Gasteiger partial charge in [-0.3, -0.25) is 0 Å². The molecule has 2 heterocycles. The number of rotatable bonds is 3. The van der Waals surface area contributed by atoms with Crippen LogP contribution in [0.3, 0.4) is 0 Å². The highest BCUT2D eigenvalue weighted by atomic mass is 32.2. The average Bonchev–Trinajstić information content (AvgIpc) is 3.09. The van der Waals surface area contributed by atoms with Gasteiger partial charge in [0.2, 0.25) is 0 Å². The minimum absolute atomic E-state index is 0.320. The van der Waals surface area contributed by atoms with E-state index in [9.17, 15) is 4.79 Å². The summed E-state index contributed by atoms with van der Waals surface area (Å²) in [5.41, 5.74) is 1.53. The van der Waals surface area contributed by atoms with Crippen LogP contribution in [0.2, 0.25) is 0 Å². The Kier molecular flexibility index (Phi) is 4.60. The predicted molar refractivity (Wildman–Crippen MR) is 92.2 cm³/mol. The summed E-state index contributed by atoms with van der Waals surface area (Å²) >= 11 is 2.97. The summed E-state index contributed by atoms with van der Waals surface area (Å²) < 4.78 is 4.87. The lowest BCUT2D eigenvalue weighted by molar-refractivity contribution is -0.136. The first-order valence-electron chi connectivity index (χ1n) is 6.66. The topological polar surface area (TPSA) is 50.7 Å². The molecule has 1 aromatic carbocycles. The zero-order chi connectivity index (χ0) is 15.4.